The predicted molar refractivity (Wildman–Crippen MR) is 105 cm³/mol. The molecule has 0 spiro atoms. The highest BCUT2D eigenvalue weighted by Crippen LogP contribution is 2.29. The van der Waals surface area contributed by atoms with E-state index in [0.29, 0.717) is 29.4 Å². The second-order valence-corrected chi connectivity index (χ2v) is 7.84. The van der Waals surface area contributed by atoms with Crippen LogP contribution in [0.2, 0.25) is 0 Å². The minimum Gasteiger partial charge on any atom is -0.494 e. The third-order valence-corrected chi connectivity index (χ3v) is 5.42. The molecule has 0 saturated heterocycles. The summed E-state index contributed by atoms with van der Waals surface area (Å²) in [6.07, 6.45) is 0.801. The standard InChI is InChI=1S/C16H21N5O4S.ClH/c1-3-26(23,24)21-13-5-4-10(8-14(13)25-2)18-16(22)15-11-9-17-7-6-12(11)19-20-15;/h4-5,8,17,21H,3,6-7,9H2,1-2H3,(H,18,22)(H,19,20);1H. The molecule has 1 aliphatic rings. The first-order valence-electron chi connectivity index (χ1n) is 8.20. The number of H-pyrrole nitrogens is 1. The molecule has 0 unspecified atom stereocenters. The van der Waals surface area contributed by atoms with Crippen LogP contribution in [0.1, 0.15) is 28.7 Å². The first-order chi connectivity index (χ1) is 12.4. The van der Waals surface area contributed by atoms with Crippen molar-refractivity contribution >= 4 is 39.7 Å². The van der Waals surface area contributed by atoms with E-state index in [2.05, 4.69) is 25.6 Å². The van der Waals surface area contributed by atoms with Crippen molar-refractivity contribution < 1.29 is 17.9 Å². The van der Waals surface area contributed by atoms with Crippen LogP contribution in [-0.4, -0.2) is 43.9 Å². The molecule has 1 aromatic heterocycles. The van der Waals surface area contributed by atoms with Crippen LogP contribution in [0, 0.1) is 0 Å². The van der Waals surface area contributed by atoms with E-state index < -0.39 is 10.0 Å². The zero-order valence-corrected chi connectivity index (χ0v) is 16.6. The zero-order valence-electron chi connectivity index (χ0n) is 15.0. The fourth-order valence-electron chi connectivity index (χ4n) is 2.70. The Balaban J connectivity index is 0.00000261. The van der Waals surface area contributed by atoms with Crippen LogP contribution in [0.15, 0.2) is 18.2 Å². The number of hydrogen-bond acceptors (Lipinski definition) is 6. The summed E-state index contributed by atoms with van der Waals surface area (Å²) in [5.74, 6) is -0.0758. The van der Waals surface area contributed by atoms with Crippen molar-refractivity contribution in [3.05, 3.63) is 35.2 Å². The van der Waals surface area contributed by atoms with E-state index in [-0.39, 0.29) is 24.1 Å². The minimum absolute atomic E-state index is 0. The highest BCUT2D eigenvalue weighted by atomic mass is 35.5. The van der Waals surface area contributed by atoms with Gasteiger partial charge in [0, 0.05) is 42.5 Å². The second-order valence-electron chi connectivity index (χ2n) is 5.83. The molecule has 0 fully saturated rings. The van der Waals surface area contributed by atoms with Crippen molar-refractivity contribution in [2.45, 2.75) is 19.9 Å². The molecule has 0 saturated carbocycles. The van der Waals surface area contributed by atoms with E-state index in [9.17, 15) is 13.2 Å². The summed E-state index contributed by atoms with van der Waals surface area (Å²) in [5, 5.41) is 13.0. The molecule has 2 aromatic rings. The molecular formula is C16H22ClN5O4S. The zero-order chi connectivity index (χ0) is 18.7. The summed E-state index contributed by atoms with van der Waals surface area (Å²) in [6.45, 7) is 2.99. The number of ether oxygens (including phenoxy) is 1. The van der Waals surface area contributed by atoms with Crippen molar-refractivity contribution in [3.63, 3.8) is 0 Å². The lowest BCUT2D eigenvalue weighted by atomic mass is 10.1. The predicted octanol–water partition coefficient (Wildman–Crippen LogP) is 1.50. The molecule has 11 heteroatoms. The number of methoxy groups -OCH3 is 1. The maximum absolute atomic E-state index is 12.5. The molecule has 0 aliphatic carbocycles. The summed E-state index contributed by atoms with van der Waals surface area (Å²) in [7, 11) is -1.99. The molecule has 2 heterocycles. The maximum Gasteiger partial charge on any atom is 0.276 e. The van der Waals surface area contributed by atoms with Gasteiger partial charge in [0.1, 0.15) is 5.75 Å². The van der Waals surface area contributed by atoms with E-state index >= 15 is 0 Å². The number of nitrogens with one attached hydrogen (secondary N) is 4. The second kappa shape index (κ2) is 8.59. The number of carbonyl (C=O) groups excluding carboxylic acids is 1. The van der Waals surface area contributed by atoms with Gasteiger partial charge in [-0.15, -0.1) is 12.4 Å². The molecule has 27 heavy (non-hydrogen) atoms. The summed E-state index contributed by atoms with van der Waals surface area (Å²) in [4.78, 5) is 12.5. The number of halogens is 1. The molecule has 1 amide bonds. The fraction of sp³-hybridized carbons (Fsp3) is 0.375. The summed E-state index contributed by atoms with van der Waals surface area (Å²) in [6, 6.07) is 4.71. The van der Waals surface area contributed by atoms with Gasteiger partial charge in [-0.2, -0.15) is 5.10 Å². The molecule has 0 atom stereocenters. The number of amides is 1. The molecule has 1 aromatic carbocycles. The summed E-state index contributed by atoms with van der Waals surface area (Å²) in [5.41, 5.74) is 2.98. The number of rotatable bonds is 6. The van der Waals surface area contributed by atoms with Gasteiger partial charge in [-0.3, -0.25) is 14.6 Å². The van der Waals surface area contributed by atoms with Gasteiger partial charge in [0.25, 0.3) is 5.91 Å². The SMILES string of the molecule is CCS(=O)(=O)Nc1ccc(NC(=O)c2n[nH]c3c2CNCC3)cc1OC.Cl. The average Bonchev–Trinajstić information content (AvgIpc) is 3.07. The molecule has 4 N–H and O–H groups in total. The quantitative estimate of drug-likeness (QED) is 0.566. The summed E-state index contributed by atoms with van der Waals surface area (Å²) >= 11 is 0. The van der Waals surface area contributed by atoms with Gasteiger partial charge in [0.15, 0.2) is 5.69 Å². The Morgan fingerprint density at radius 2 is 2.15 bits per heavy atom. The van der Waals surface area contributed by atoms with Crippen molar-refractivity contribution in [1.82, 2.24) is 15.5 Å². The van der Waals surface area contributed by atoms with Crippen molar-refractivity contribution in [3.8, 4) is 5.75 Å². The molecule has 9 nitrogen and oxygen atoms in total. The highest BCUT2D eigenvalue weighted by Gasteiger charge is 2.22. The topological polar surface area (TPSA) is 125 Å². The summed E-state index contributed by atoms with van der Waals surface area (Å²) < 4.78 is 31.1. The number of aromatic nitrogens is 2. The number of nitrogens with zero attached hydrogens (tertiary/aromatic N) is 1. The Hall–Kier alpha value is -2.30. The minimum atomic E-state index is -3.43. The van der Waals surface area contributed by atoms with Crippen LogP contribution < -0.4 is 20.1 Å². The first-order valence-corrected chi connectivity index (χ1v) is 9.85. The number of anilines is 2. The van der Waals surface area contributed by atoms with Gasteiger partial charge in [-0.25, -0.2) is 8.42 Å². The van der Waals surface area contributed by atoms with Gasteiger partial charge in [0.05, 0.1) is 18.6 Å². The van der Waals surface area contributed by atoms with Crippen LogP contribution in [0.5, 0.6) is 5.75 Å². The van der Waals surface area contributed by atoms with E-state index in [1.54, 1.807) is 25.1 Å². The molecule has 148 valence electrons. The Labute approximate surface area is 163 Å². The van der Waals surface area contributed by atoms with Crippen molar-refractivity contribution in [2.75, 3.05) is 29.4 Å². The van der Waals surface area contributed by atoms with Gasteiger partial charge >= 0.3 is 0 Å². The lowest BCUT2D eigenvalue weighted by Crippen LogP contribution is -2.25. The van der Waals surface area contributed by atoms with E-state index in [1.807, 2.05) is 0 Å². The Morgan fingerprint density at radius 3 is 2.85 bits per heavy atom. The van der Waals surface area contributed by atoms with Crippen molar-refractivity contribution in [2.24, 2.45) is 0 Å². The molecular weight excluding hydrogens is 394 g/mol. The van der Waals surface area contributed by atoms with Gasteiger partial charge < -0.3 is 15.4 Å². The Bertz CT molecular complexity index is 929. The van der Waals surface area contributed by atoms with E-state index in [0.717, 1.165) is 24.2 Å². The van der Waals surface area contributed by atoms with Gasteiger partial charge in [0.2, 0.25) is 10.0 Å². The Kier molecular flexibility index (Phi) is 6.68. The van der Waals surface area contributed by atoms with Gasteiger partial charge in [-0.1, -0.05) is 0 Å². The van der Waals surface area contributed by atoms with Crippen LogP contribution in [0.25, 0.3) is 0 Å². The molecule has 1 aliphatic heterocycles. The van der Waals surface area contributed by atoms with E-state index in [1.165, 1.54) is 7.11 Å². The highest BCUT2D eigenvalue weighted by molar-refractivity contribution is 7.92. The van der Waals surface area contributed by atoms with E-state index in [4.69, 9.17) is 4.74 Å². The smallest absolute Gasteiger partial charge is 0.276 e. The molecule has 0 bridgehead atoms. The van der Waals surface area contributed by atoms with Crippen LogP contribution in [0.3, 0.4) is 0 Å². The van der Waals surface area contributed by atoms with Crippen LogP contribution in [-0.2, 0) is 23.0 Å². The largest absolute Gasteiger partial charge is 0.494 e. The average molecular weight is 416 g/mol. The van der Waals surface area contributed by atoms with Crippen molar-refractivity contribution in [1.29, 1.82) is 0 Å². The molecule has 3 rings (SSSR count). The number of hydrogen-bond donors (Lipinski definition) is 4. The van der Waals surface area contributed by atoms with Crippen LogP contribution in [0.4, 0.5) is 11.4 Å². The number of fused-ring (bicyclic) bond motifs is 1. The number of benzene rings is 1. The number of carbonyl (C=O) groups is 1. The maximum atomic E-state index is 12.5. The third kappa shape index (κ3) is 4.71. The normalized spacial score (nSPS) is 13.3. The Morgan fingerprint density at radius 1 is 1.37 bits per heavy atom. The number of aromatic amines is 1. The molecule has 0 radical (unpaired) electrons. The number of sulfonamides is 1. The lowest BCUT2D eigenvalue weighted by Gasteiger charge is -2.14. The van der Waals surface area contributed by atoms with Crippen LogP contribution >= 0.6 is 12.4 Å². The first kappa shape index (κ1) is 21.0. The lowest BCUT2D eigenvalue weighted by molar-refractivity contribution is 0.102. The fourth-order valence-corrected chi connectivity index (χ4v) is 3.34. The third-order valence-electron chi connectivity index (χ3n) is 4.13. The van der Waals surface area contributed by atoms with Gasteiger partial charge in [-0.05, 0) is 19.1 Å². The monoisotopic (exact) mass is 415 g/mol.